The Morgan fingerprint density at radius 3 is 1.68 bits per heavy atom. The van der Waals surface area contributed by atoms with Gasteiger partial charge in [-0.05, 0) is 24.3 Å². The minimum absolute atomic E-state index is 0.0203. The number of halogens is 4. The quantitative estimate of drug-likeness (QED) is 0.476. The van der Waals surface area contributed by atoms with Gasteiger partial charge in [-0.15, -0.1) is 0 Å². The fourth-order valence-electron chi connectivity index (χ4n) is 1.63. The second-order valence-electron chi connectivity index (χ2n) is 4.51. The first-order valence-electron chi connectivity index (χ1n) is 6.39. The molecule has 25 heavy (non-hydrogen) atoms. The molecule has 0 aliphatic rings. The van der Waals surface area contributed by atoms with Crippen molar-refractivity contribution in [3.63, 3.8) is 0 Å². The van der Waals surface area contributed by atoms with Crippen LogP contribution in [-0.2, 0) is 4.74 Å². The molecule has 0 heterocycles. The molecule has 0 aromatic heterocycles. The van der Waals surface area contributed by atoms with Crippen molar-refractivity contribution in [1.82, 2.24) is 0 Å². The first kappa shape index (κ1) is 21.2. The lowest BCUT2D eigenvalue weighted by molar-refractivity contribution is 0.0600. The summed E-state index contributed by atoms with van der Waals surface area (Å²) in [6.45, 7) is 0. The third kappa shape index (κ3) is 5.57. The van der Waals surface area contributed by atoms with Crippen LogP contribution in [0.25, 0.3) is 0 Å². The summed E-state index contributed by atoms with van der Waals surface area (Å²) in [5, 5.41) is 9.41. The highest BCUT2D eigenvalue weighted by Gasteiger charge is 2.14. The zero-order valence-electron chi connectivity index (χ0n) is 12.6. The number of carbonyl (C=O) groups is 2. The Morgan fingerprint density at radius 2 is 1.28 bits per heavy atom. The lowest BCUT2D eigenvalue weighted by Crippen LogP contribution is -2.03. The van der Waals surface area contributed by atoms with Crippen molar-refractivity contribution in [3.05, 3.63) is 55.5 Å². The zero-order chi connectivity index (χ0) is 19.3. The standard InChI is InChI=1S/C8H7Cl2NO2.C7H5Cl2NO2/c1-13-8(12)5-2-4(9)3-6(11)7(5)10;8-3-1-4(7(11)12)6(9)5(10)2-3/h2-3H,11H2,1H3;1-2H,10H2,(H,11,12). The van der Waals surface area contributed by atoms with Crippen molar-refractivity contribution in [2.75, 3.05) is 18.6 Å². The topological polar surface area (TPSA) is 116 Å². The monoisotopic (exact) mass is 424 g/mol. The Morgan fingerprint density at radius 1 is 0.880 bits per heavy atom. The third-order valence-corrected chi connectivity index (χ3v) is 4.05. The number of benzene rings is 2. The van der Waals surface area contributed by atoms with E-state index in [-0.39, 0.29) is 37.6 Å². The molecule has 0 spiro atoms. The van der Waals surface area contributed by atoms with E-state index in [0.29, 0.717) is 5.02 Å². The Labute approximate surface area is 163 Å². The molecular weight excluding hydrogens is 414 g/mol. The van der Waals surface area contributed by atoms with E-state index in [0.717, 1.165) is 0 Å². The normalized spacial score (nSPS) is 9.80. The summed E-state index contributed by atoms with van der Waals surface area (Å²) >= 11 is 22.6. The molecule has 0 fully saturated rings. The van der Waals surface area contributed by atoms with E-state index in [1.165, 1.54) is 31.4 Å². The van der Waals surface area contributed by atoms with Gasteiger partial charge in [0.2, 0.25) is 0 Å². The second-order valence-corrected chi connectivity index (χ2v) is 6.14. The SMILES string of the molecule is COC(=O)c1cc(Cl)cc(N)c1Cl.Nc1cc(Cl)cc(C(=O)O)c1Cl. The smallest absolute Gasteiger partial charge is 0.339 e. The van der Waals surface area contributed by atoms with Crippen molar-refractivity contribution >= 4 is 69.7 Å². The minimum atomic E-state index is -1.14. The molecule has 0 atom stereocenters. The van der Waals surface area contributed by atoms with Gasteiger partial charge < -0.3 is 21.3 Å². The highest BCUT2D eigenvalue weighted by Crippen LogP contribution is 2.28. The zero-order valence-corrected chi connectivity index (χ0v) is 15.7. The average Bonchev–Trinajstić information content (AvgIpc) is 2.53. The summed E-state index contributed by atoms with van der Waals surface area (Å²) in [6.07, 6.45) is 0. The molecule has 5 N–H and O–H groups in total. The molecule has 0 amide bonds. The largest absolute Gasteiger partial charge is 0.478 e. The predicted molar refractivity (Wildman–Crippen MR) is 100 cm³/mol. The van der Waals surface area contributed by atoms with E-state index >= 15 is 0 Å². The van der Waals surface area contributed by atoms with E-state index in [2.05, 4.69) is 4.74 Å². The molecule has 0 saturated heterocycles. The molecule has 2 aromatic rings. The number of carbonyl (C=O) groups excluding carboxylic acids is 1. The van der Waals surface area contributed by atoms with Gasteiger partial charge in [-0.3, -0.25) is 0 Å². The van der Waals surface area contributed by atoms with E-state index < -0.39 is 11.9 Å². The highest BCUT2D eigenvalue weighted by atomic mass is 35.5. The molecule has 0 aliphatic heterocycles. The third-order valence-electron chi connectivity index (χ3n) is 2.77. The van der Waals surface area contributed by atoms with Gasteiger partial charge in [-0.25, -0.2) is 9.59 Å². The number of ether oxygens (including phenoxy) is 1. The highest BCUT2D eigenvalue weighted by molar-refractivity contribution is 6.38. The van der Waals surface area contributed by atoms with E-state index in [1.807, 2.05) is 0 Å². The minimum Gasteiger partial charge on any atom is -0.478 e. The van der Waals surface area contributed by atoms with Crippen LogP contribution in [0.5, 0.6) is 0 Å². The number of hydrogen-bond donors (Lipinski definition) is 3. The van der Waals surface area contributed by atoms with Crippen molar-refractivity contribution in [2.24, 2.45) is 0 Å². The molecule has 6 nitrogen and oxygen atoms in total. The van der Waals surface area contributed by atoms with Gasteiger partial charge in [-0.1, -0.05) is 46.4 Å². The first-order valence-corrected chi connectivity index (χ1v) is 7.90. The number of anilines is 2. The Bertz CT molecular complexity index is 828. The summed E-state index contributed by atoms with van der Waals surface area (Å²) in [6, 6.07) is 5.53. The number of aromatic carboxylic acids is 1. The van der Waals surface area contributed by atoms with Crippen LogP contribution in [0, 0.1) is 0 Å². The van der Waals surface area contributed by atoms with Gasteiger partial charge in [0, 0.05) is 10.0 Å². The average molecular weight is 426 g/mol. The van der Waals surface area contributed by atoms with Gasteiger partial charge in [0.1, 0.15) is 0 Å². The number of methoxy groups -OCH3 is 1. The second kappa shape index (κ2) is 9.01. The van der Waals surface area contributed by atoms with Crippen LogP contribution in [0.2, 0.25) is 20.1 Å². The number of nitrogens with two attached hydrogens (primary N) is 2. The number of carboxylic acid groups (broad SMARTS) is 1. The summed E-state index contributed by atoms with van der Waals surface area (Å²) in [5.74, 6) is -1.70. The number of esters is 1. The van der Waals surface area contributed by atoms with Gasteiger partial charge in [0.25, 0.3) is 0 Å². The maximum Gasteiger partial charge on any atom is 0.339 e. The van der Waals surface area contributed by atoms with Gasteiger partial charge >= 0.3 is 11.9 Å². The van der Waals surface area contributed by atoms with Crippen molar-refractivity contribution in [1.29, 1.82) is 0 Å². The van der Waals surface area contributed by atoms with E-state index in [9.17, 15) is 9.59 Å². The maximum absolute atomic E-state index is 11.1. The number of rotatable bonds is 2. The molecule has 0 radical (unpaired) electrons. The molecule has 134 valence electrons. The summed E-state index contributed by atoms with van der Waals surface area (Å²) in [7, 11) is 1.26. The van der Waals surface area contributed by atoms with Crippen molar-refractivity contribution in [2.45, 2.75) is 0 Å². The maximum atomic E-state index is 11.1. The van der Waals surface area contributed by atoms with Gasteiger partial charge in [0.15, 0.2) is 0 Å². The summed E-state index contributed by atoms with van der Waals surface area (Å²) in [5.41, 5.74) is 11.4. The van der Waals surface area contributed by atoms with Crippen LogP contribution >= 0.6 is 46.4 Å². The molecular formula is C15H12Cl4N2O4. The Kier molecular flexibility index (Phi) is 7.63. The van der Waals surface area contributed by atoms with Crippen molar-refractivity contribution < 1.29 is 19.4 Å². The molecule has 2 rings (SSSR count). The molecule has 2 aromatic carbocycles. The van der Waals surface area contributed by atoms with Gasteiger partial charge in [-0.2, -0.15) is 0 Å². The number of carboxylic acids is 1. The Balaban J connectivity index is 0.000000251. The molecule has 0 aliphatic carbocycles. The number of hydrogen-bond acceptors (Lipinski definition) is 5. The Hall–Kier alpha value is -1.86. The fraction of sp³-hybridized carbons (Fsp3) is 0.0667. The van der Waals surface area contributed by atoms with Crippen LogP contribution in [0.3, 0.4) is 0 Å². The molecule has 0 bridgehead atoms. The van der Waals surface area contributed by atoms with E-state index in [1.54, 1.807) is 0 Å². The molecule has 10 heteroatoms. The van der Waals surface area contributed by atoms with Crippen molar-refractivity contribution in [3.8, 4) is 0 Å². The predicted octanol–water partition coefficient (Wildman–Crippen LogP) is 4.64. The lowest BCUT2D eigenvalue weighted by atomic mass is 10.2. The van der Waals surface area contributed by atoms with Crippen LogP contribution in [0.15, 0.2) is 24.3 Å². The van der Waals surface area contributed by atoms with Gasteiger partial charge in [0.05, 0.1) is 39.7 Å². The first-order chi connectivity index (χ1) is 11.6. The lowest BCUT2D eigenvalue weighted by Gasteiger charge is -2.05. The molecule has 0 unspecified atom stereocenters. The fourth-order valence-corrected chi connectivity index (χ4v) is 2.46. The van der Waals surface area contributed by atoms with Crippen LogP contribution in [0.1, 0.15) is 20.7 Å². The van der Waals surface area contributed by atoms with Crippen LogP contribution in [-0.4, -0.2) is 24.2 Å². The number of nitrogen functional groups attached to an aromatic ring is 2. The van der Waals surface area contributed by atoms with Crippen LogP contribution < -0.4 is 11.5 Å². The summed E-state index contributed by atoms with van der Waals surface area (Å²) < 4.78 is 4.49. The van der Waals surface area contributed by atoms with Crippen LogP contribution in [0.4, 0.5) is 11.4 Å². The summed E-state index contributed by atoms with van der Waals surface area (Å²) in [4.78, 5) is 21.6. The van der Waals surface area contributed by atoms with E-state index in [4.69, 9.17) is 63.0 Å². The molecule has 0 saturated carbocycles.